The van der Waals surface area contributed by atoms with Crippen molar-refractivity contribution >= 4 is 40.7 Å². The summed E-state index contributed by atoms with van der Waals surface area (Å²) in [7, 11) is 1.73. The molecule has 0 aliphatic carbocycles. The molecule has 0 aromatic heterocycles. The lowest BCUT2D eigenvalue weighted by molar-refractivity contribution is 0.0763. The number of hydrogen-bond donors (Lipinski definition) is 1. The number of rotatable bonds is 7. The second-order valence-electron chi connectivity index (χ2n) is 10.5. The summed E-state index contributed by atoms with van der Waals surface area (Å²) >= 11 is 6.00. The Morgan fingerprint density at radius 1 is 0.837 bits per heavy atom. The van der Waals surface area contributed by atoms with Crippen molar-refractivity contribution in [1.82, 2.24) is 9.80 Å². The van der Waals surface area contributed by atoms with E-state index in [2.05, 4.69) is 10.2 Å². The minimum Gasteiger partial charge on any atom is -0.369 e. The van der Waals surface area contributed by atoms with Crippen LogP contribution < -0.4 is 10.2 Å². The standard InChI is InChI=1S/C34H32ClFN4O3/c1-38(23-24-8-3-2-4-9-24)34(43)29-22-27(37-32(41)28-10-5-6-11-30(28)36)16-17-31(29)39-18-7-19-40(21-20-39)33(42)25-12-14-26(35)15-13-25/h2-6,8-17,22H,7,18-21,23H2,1H3,(H,37,41). The molecule has 1 fully saturated rings. The van der Waals surface area contributed by atoms with Crippen molar-refractivity contribution in [2.75, 3.05) is 43.4 Å². The molecule has 1 aliphatic heterocycles. The topological polar surface area (TPSA) is 73.0 Å². The first-order valence-electron chi connectivity index (χ1n) is 14.1. The Bertz CT molecular complexity index is 1610. The lowest BCUT2D eigenvalue weighted by Crippen LogP contribution is -2.36. The molecule has 0 bridgehead atoms. The number of anilines is 2. The van der Waals surface area contributed by atoms with Gasteiger partial charge < -0.3 is 20.0 Å². The molecule has 0 radical (unpaired) electrons. The first kappa shape index (κ1) is 29.8. The minimum atomic E-state index is -0.627. The van der Waals surface area contributed by atoms with Crippen LogP contribution in [0.15, 0.2) is 97.1 Å². The van der Waals surface area contributed by atoms with Crippen LogP contribution in [-0.2, 0) is 6.54 Å². The van der Waals surface area contributed by atoms with Crippen LogP contribution in [0.25, 0.3) is 0 Å². The van der Waals surface area contributed by atoms with Gasteiger partial charge in [-0.2, -0.15) is 0 Å². The van der Waals surface area contributed by atoms with Crippen LogP contribution in [-0.4, -0.2) is 60.7 Å². The van der Waals surface area contributed by atoms with Crippen molar-refractivity contribution in [3.8, 4) is 0 Å². The average molecular weight is 599 g/mol. The fourth-order valence-corrected chi connectivity index (χ4v) is 5.30. The van der Waals surface area contributed by atoms with Crippen LogP contribution in [0, 0.1) is 5.82 Å². The first-order chi connectivity index (χ1) is 20.8. The highest BCUT2D eigenvalue weighted by Gasteiger charge is 2.25. The van der Waals surface area contributed by atoms with Crippen LogP contribution in [0.3, 0.4) is 0 Å². The smallest absolute Gasteiger partial charge is 0.258 e. The summed E-state index contributed by atoms with van der Waals surface area (Å²) < 4.78 is 14.3. The summed E-state index contributed by atoms with van der Waals surface area (Å²) in [5.41, 5.74) is 2.96. The van der Waals surface area contributed by atoms with Crippen molar-refractivity contribution in [1.29, 1.82) is 0 Å². The van der Waals surface area contributed by atoms with Gasteiger partial charge in [0.25, 0.3) is 17.7 Å². The number of carbonyl (C=O) groups is 3. The molecule has 0 unspecified atom stereocenters. The zero-order valence-electron chi connectivity index (χ0n) is 23.8. The molecule has 1 saturated heterocycles. The zero-order valence-corrected chi connectivity index (χ0v) is 24.6. The monoisotopic (exact) mass is 598 g/mol. The van der Waals surface area contributed by atoms with Gasteiger partial charge in [0.15, 0.2) is 0 Å². The SMILES string of the molecule is CN(Cc1ccccc1)C(=O)c1cc(NC(=O)c2ccccc2F)ccc1N1CCCN(C(=O)c2ccc(Cl)cc2)CC1. The van der Waals surface area contributed by atoms with E-state index >= 15 is 0 Å². The third-order valence-corrected chi connectivity index (χ3v) is 7.68. The van der Waals surface area contributed by atoms with Crippen molar-refractivity contribution < 1.29 is 18.8 Å². The molecule has 9 heteroatoms. The lowest BCUT2D eigenvalue weighted by Gasteiger charge is -2.28. The maximum atomic E-state index is 14.3. The molecular weight excluding hydrogens is 567 g/mol. The molecule has 4 aromatic carbocycles. The van der Waals surface area contributed by atoms with E-state index < -0.39 is 11.7 Å². The molecule has 1 N–H and O–H groups in total. The van der Waals surface area contributed by atoms with E-state index in [1.165, 1.54) is 18.2 Å². The van der Waals surface area contributed by atoms with Crippen LogP contribution in [0.5, 0.6) is 0 Å². The van der Waals surface area contributed by atoms with Crippen molar-refractivity contribution in [2.45, 2.75) is 13.0 Å². The van der Waals surface area contributed by atoms with Crippen LogP contribution >= 0.6 is 11.6 Å². The second kappa shape index (κ2) is 13.5. The molecule has 0 saturated carbocycles. The molecule has 43 heavy (non-hydrogen) atoms. The minimum absolute atomic E-state index is 0.0661. The molecule has 0 spiro atoms. The number of amides is 3. The quantitative estimate of drug-likeness (QED) is 0.269. The predicted molar refractivity (Wildman–Crippen MR) is 167 cm³/mol. The van der Waals surface area contributed by atoms with E-state index in [0.717, 1.165) is 5.56 Å². The zero-order chi connectivity index (χ0) is 30.3. The van der Waals surface area contributed by atoms with Gasteiger partial charge in [-0.05, 0) is 66.6 Å². The summed E-state index contributed by atoms with van der Waals surface area (Å²) in [5.74, 6) is -1.52. The van der Waals surface area contributed by atoms with Crippen molar-refractivity contribution in [3.63, 3.8) is 0 Å². The molecule has 3 amide bonds. The van der Waals surface area contributed by atoms with Gasteiger partial charge in [-0.3, -0.25) is 14.4 Å². The van der Waals surface area contributed by atoms with Crippen LogP contribution in [0.2, 0.25) is 5.02 Å². The molecule has 1 heterocycles. The fraction of sp³-hybridized carbons (Fsp3) is 0.206. The van der Waals surface area contributed by atoms with E-state index in [1.54, 1.807) is 60.5 Å². The Morgan fingerprint density at radius 2 is 1.56 bits per heavy atom. The second-order valence-corrected chi connectivity index (χ2v) is 10.9. The molecule has 220 valence electrons. The first-order valence-corrected chi connectivity index (χ1v) is 14.5. The molecule has 4 aromatic rings. The van der Waals surface area contributed by atoms with Gasteiger partial charge in [0.05, 0.1) is 11.1 Å². The lowest BCUT2D eigenvalue weighted by atomic mass is 10.1. The average Bonchev–Trinajstić information content (AvgIpc) is 3.28. The number of nitrogens with one attached hydrogen (secondary N) is 1. The normalized spacial score (nSPS) is 13.3. The molecule has 7 nitrogen and oxygen atoms in total. The number of nitrogens with zero attached hydrogens (tertiary/aromatic N) is 3. The van der Waals surface area contributed by atoms with Crippen LogP contribution in [0.4, 0.5) is 15.8 Å². The largest absolute Gasteiger partial charge is 0.369 e. The van der Waals surface area contributed by atoms with Gasteiger partial charge in [0.2, 0.25) is 0 Å². The van der Waals surface area contributed by atoms with E-state index in [9.17, 15) is 18.8 Å². The number of benzene rings is 4. The summed E-state index contributed by atoms with van der Waals surface area (Å²) in [4.78, 5) is 45.5. The van der Waals surface area contributed by atoms with Gasteiger partial charge in [-0.15, -0.1) is 0 Å². The summed E-state index contributed by atoms with van der Waals surface area (Å²) in [5, 5.41) is 3.31. The Labute approximate surface area is 255 Å². The van der Waals surface area contributed by atoms with E-state index in [4.69, 9.17) is 11.6 Å². The molecule has 1 aliphatic rings. The summed E-state index contributed by atoms with van der Waals surface area (Å²) in [6.45, 7) is 2.60. The highest BCUT2D eigenvalue weighted by atomic mass is 35.5. The fourth-order valence-electron chi connectivity index (χ4n) is 5.18. The maximum absolute atomic E-state index is 14.3. The van der Waals surface area contributed by atoms with Crippen LogP contribution in [0.1, 0.15) is 43.1 Å². The predicted octanol–water partition coefficient (Wildman–Crippen LogP) is 6.36. The molecular formula is C34H32ClFN4O3. The Morgan fingerprint density at radius 3 is 2.30 bits per heavy atom. The van der Waals surface area contributed by atoms with Gasteiger partial charge in [-0.25, -0.2) is 4.39 Å². The maximum Gasteiger partial charge on any atom is 0.258 e. The van der Waals surface area contributed by atoms with Gasteiger partial charge in [-0.1, -0.05) is 54.1 Å². The Balaban J connectivity index is 1.40. The van der Waals surface area contributed by atoms with Crippen molar-refractivity contribution in [2.24, 2.45) is 0 Å². The molecule has 5 rings (SSSR count). The summed E-state index contributed by atoms with van der Waals surface area (Å²) in [6.07, 6.45) is 0.707. The highest BCUT2D eigenvalue weighted by Crippen LogP contribution is 2.28. The van der Waals surface area contributed by atoms with E-state index in [0.29, 0.717) is 66.7 Å². The van der Waals surface area contributed by atoms with Gasteiger partial charge in [0, 0.05) is 61.7 Å². The van der Waals surface area contributed by atoms with Crippen molar-refractivity contribution in [3.05, 3.63) is 130 Å². The molecule has 0 atom stereocenters. The third kappa shape index (κ3) is 7.21. The number of halogens is 2. The number of hydrogen-bond acceptors (Lipinski definition) is 4. The van der Waals surface area contributed by atoms with Gasteiger partial charge in [0.1, 0.15) is 5.82 Å². The third-order valence-electron chi connectivity index (χ3n) is 7.43. The number of carbonyl (C=O) groups excluding carboxylic acids is 3. The Kier molecular flexibility index (Phi) is 9.37. The van der Waals surface area contributed by atoms with Gasteiger partial charge >= 0.3 is 0 Å². The van der Waals surface area contributed by atoms with E-state index in [-0.39, 0.29) is 17.4 Å². The van der Waals surface area contributed by atoms with E-state index in [1.807, 2.05) is 35.2 Å². The highest BCUT2D eigenvalue weighted by molar-refractivity contribution is 6.30. The Hall–Kier alpha value is -4.69. The summed E-state index contributed by atoms with van der Waals surface area (Å²) in [6, 6.07) is 27.4.